The number of nitrogen functional groups attached to an aromatic ring is 1. The van der Waals surface area contributed by atoms with Crippen LogP contribution in [0.25, 0.3) is 0 Å². The van der Waals surface area contributed by atoms with E-state index in [0.717, 1.165) is 0 Å². The van der Waals surface area contributed by atoms with E-state index in [9.17, 15) is 14.7 Å². The van der Waals surface area contributed by atoms with Crippen LogP contribution in [0, 0.1) is 0 Å². The Balaban J connectivity index is 1.96. The highest BCUT2D eigenvalue weighted by atomic mass is 35.5. The standard InChI is InChI=1S/C16H13ClN2O3/c17-10-4-5-13-12(7-10)16(22,15(21)19-13)8-14(20)9-2-1-3-11(18)6-9/h1-7,22H,8,18H2,(H,19,21). The van der Waals surface area contributed by atoms with E-state index in [-0.39, 0.29) is 12.2 Å². The van der Waals surface area contributed by atoms with Crippen LogP contribution in [-0.4, -0.2) is 16.8 Å². The molecule has 0 aliphatic carbocycles. The second kappa shape index (κ2) is 5.12. The number of halogens is 1. The summed E-state index contributed by atoms with van der Waals surface area (Å²) in [6.45, 7) is 0. The van der Waals surface area contributed by atoms with Gasteiger partial charge < -0.3 is 16.2 Å². The smallest absolute Gasteiger partial charge is 0.261 e. The number of hydrogen-bond acceptors (Lipinski definition) is 4. The van der Waals surface area contributed by atoms with E-state index in [4.69, 9.17) is 17.3 Å². The number of carbonyl (C=O) groups excluding carboxylic acids is 2. The number of amides is 1. The Bertz CT molecular complexity index is 791. The van der Waals surface area contributed by atoms with Gasteiger partial charge in [0.1, 0.15) is 0 Å². The van der Waals surface area contributed by atoms with E-state index in [1.165, 1.54) is 12.1 Å². The van der Waals surface area contributed by atoms with Gasteiger partial charge in [0.05, 0.1) is 6.42 Å². The van der Waals surface area contributed by atoms with Crippen molar-refractivity contribution in [1.82, 2.24) is 0 Å². The molecular formula is C16H13ClN2O3. The van der Waals surface area contributed by atoms with Gasteiger partial charge >= 0.3 is 0 Å². The van der Waals surface area contributed by atoms with E-state index in [0.29, 0.717) is 27.5 Å². The van der Waals surface area contributed by atoms with Gasteiger partial charge in [-0.25, -0.2) is 0 Å². The molecule has 6 heteroatoms. The molecular weight excluding hydrogens is 304 g/mol. The summed E-state index contributed by atoms with van der Waals surface area (Å²) in [6.07, 6.45) is -0.379. The largest absolute Gasteiger partial charge is 0.399 e. The Labute approximate surface area is 131 Å². The average molecular weight is 317 g/mol. The number of carbonyl (C=O) groups is 2. The van der Waals surface area contributed by atoms with Gasteiger partial charge in [-0.15, -0.1) is 0 Å². The normalized spacial score (nSPS) is 19.6. The van der Waals surface area contributed by atoms with Crippen LogP contribution < -0.4 is 11.1 Å². The fourth-order valence-electron chi connectivity index (χ4n) is 2.54. The summed E-state index contributed by atoms with van der Waals surface area (Å²) in [5.41, 5.74) is 5.27. The lowest BCUT2D eigenvalue weighted by molar-refractivity contribution is -0.133. The first-order chi connectivity index (χ1) is 10.4. The molecule has 1 aliphatic heterocycles. The summed E-state index contributed by atoms with van der Waals surface area (Å²) < 4.78 is 0. The molecule has 1 heterocycles. The van der Waals surface area contributed by atoms with Crippen molar-refractivity contribution >= 4 is 34.7 Å². The van der Waals surface area contributed by atoms with E-state index < -0.39 is 11.5 Å². The van der Waals surface area contributed by atoms with E-state index >= 15 is 0 Å². The van der Waals surface area contributed by atoms with Crippen molar-refractivity contribution in [3.05, 3.63) is 58.6 Å². The van der Waals surface area contributed by atoms with Gasteiger partial charge in [-0.1, -0.05) is 23.7 Å². The number of anilines is 2. The Hall–Kier alpha value is -2.37. The van der Waals surface area contributed by atoms with Crippen molar-refractivity contribution in [2.24, 2.45) is 0 Å². The van der Waals surface area contributed by atoms with Gasteiger partial charge in [0.25, 0.3) is 5.91 Å². The quantitative estimate of drug-likeness (QED) is 0.598. The first-order valence-electron chi connectivity index (χ1n) is 6.63. The van der Waals surface area contributed by atoms with Crippen molar-refractivity contribution in [1.29, 1.82) is 0 Å². The molecule has 112 valence electrons. The number of fused-ring (bicyclic) bond motifs is 1. The Morgan fingerprint density at radius 2 is 2.05 bits per heavy atom. The Morgan fingerprint density at radius 3 is 2.77 bits per heavy atom. The maximum absolute atomic E-state index is 12.4. The van der Waals surface area contributed by atoms with E-state index in [2.05, 4.69) is 5.32 Å². The summed E-state index contributed by atoms with van der Waals surface area (Å²) in [5.74, 6) is -1.01. The minimum absolute atomic E-state index is 0.308. The van der Waals surface area contributed by atoms with E-state index in [1.54, 1.807) is 30.3 Å². The molecule has 0 radical (unpaired) electrons. The van der Waals surface area contributed by atoms with Crippen molar-refractivity contribution in [2.45, 2.75) is 12.0 Å². The summed E-state index contributed by atoms with van der Waals surface area (Å²) >= 11 is 5.92. The van der Waals surface area contributed by atoms with Crippen LogP contribution in [0.1, 0.15) is 22.3 Å². The number of ketones is 1. The molecule has 4 N–H and O–H groups in total. The third-order valence-corrected chi connectivity index (χ3v) is 3.91. The lowest BCUT2D eigenvalue weighted by Crippen LogP contribution is -2.36. The lowest BCUT2D eigenvalue weighted by atomic mass is 9.88. The van der Waals surface area contributed by atoms with Crippen LogP contribution in [0.4, 0.5) is 11.4 Å². The predicted molar refractivity (Wildman–Crippen MR) is 83.8 cm³/mol. The summed E-state index contributed by atoms with van der Waals surface area (Å²) in [4.78, 5) is 24.5. The number of nitrogens with one attached hydrogen (secondary N) is 1. The van der Waals surface area contributed by atoms with Crippen molar-refractivity contribution in [3.63, 3.8) is 0 Å². The van der Waals surface area contributed by atoms with Gasteiger partial charge in [-0.05, 0) is 30.3 Å². The van der Waals surface area contributed by atoms with Crippen LogP contribution in [-0.2, 0) is 10.4 Å². The molecule has 0 saturated carbocycles. The molecule has 0 fully saturated rings. The molecule has 5 nitrogen and oxygen atoms in total. The highest BCUT2D eigenvalue weighted by Gasteiger charge is 2.46. The average Bonchev–Trinajstić information content (AvgIpc) is 2.71. The minimum Gasteiger partial charge on any atom is -0.399 e. The maximum Gasteiger partial charge on any atom is 0.261 e. The first kappa shape index (κ1) is 14.6. The zero-order valence-corrected chi connectivity index (χ0v) is 12.2. The van der Waals surface area contributed by atoms with Crippen LogP contribution in [0.3, 0.4) is 0 Å². The lowest BCUT2D eigenvalue weighted by Gasteiger charge is -2.20. The molecule has 22 heavy (non-hydrogen) atoms. The van der Waals surface area contributed by atoms with Crippen LogP contribution in [0.15, 0.2) is 42.5 Å². The van der Waals surface area contributed by atoms with Gasteiger partial charge in [0.2, 0.25) is 0 Å². The highest BCUT2D eigenvalue weighted by Crippen LogP contribution is 2.40. The second-order valence-corrected chi connectivity index (χ2v) is 5.67. The van der Waals surface area contributed by atoms with Crippen molar-refractivity contribution in [3.8, 4) is 0 Å². The number of aliphatic hydroxyl groups is 1. The zero-order chi connectivity index (χ0) is 15.9. The van der Waals surface area contributed by atoms with Crippen molar-refractivity contribution in [2.75, 3.05) is 11.1 Å². The highest BCUT2D eigenvalue weighted by molar-refractivity contribution is 6.31. The number of hydrogen-bond donors (Lipinski definition) is 3. The minimum atomic E-state index is -1.93. The molecule has 1 unspecified atom stereocenters. The number of rotatable bonds is 3. The Morgan fingerprint density at radius 1 is 1.27 bits per heavy atom. The topological polar surface area (TPSA) is 92.4 Å². The molecule has 2 aromatic carbocycles. The van der Waals surface area contributed by atoms with Gasteiger partial charge in [0, 0.05) is 27.5 Å². The van der Waals surface area contributed by atoms with Crippen LogP contribution >= 0.6 is 11.6 Å². The second-order valence-electron chi connectivity index (χ2n) is 5.23. The van der Waals surface area contributed by atoms with Gasteiger partial charge in [0.15, 0.2) is 11.4 Å². The fraction of sp³-hybridized carbons (Fsp3) is 0.125. The van der Waals surface area contributed by atoms with Crippen LogP contribution in [0.5, 0.6) is 0 Å². The van der Waals surface area contributed by atoms with Gasteiger partial charge in [-0.2, -0.15) is 0 Å². The molecule has 0 bridgehead atoms. The third kappa shape index (κ3) is 2.34. The maximum atomic E-state index is 12.4. The monoisotopic (exact) mass is 316 g/mol. The first-order valence-corrected chi connectivity index (χ1v) is 7.00. The zero-order valence-electron chi connectivity index (χ0n) is 11.5. The number of nitrogens with two attached hydrogens (primary N) is 1. The molecule has 2 aromatic rings. The fourth-order valence-corrected chi connectivity index (χ4v) is 2.71. The SMILES string of the molecule is Nc1cccc(C(=O)CC2(O)C(=O)Nc3ccc(Cl)cc32)c1. The molecule has 1 amide bonds. The Kier molecular flexibility index (Phi) is 3.39. The molecule has 0 aromatic heterocycles. The summed E-state index contributed by atoms with van der Waals surface area (Å²) in [5, 5.41) is 13.7. The van der Waals surface area contributed by atoms with Crippen LogP contribution in [0.2, 0.25) is 5.02 Å². The summed E-state index contributed by atoms with van der Waals surface area (Å²) in [7, 11) is 0. The molecule has 0 spiro atoms. The number of benzene rings is 2. The molecule has 1 aliphatic rings. The van der Waals surface area contributed by atoms with E-state index in [1.807, 2.05) is 0 Å². The summed E-state index contributed by atoms with van der Waals surface area (Å²) in [6, 6.07) is 11.1. The van der Waals surface area contributed by atoms with Crippen molar-refractivity contribution < 1.29 is 14.7 Å². The molecule has 3 rings (SSSR count). The third-order valence-electron chi connectivity index (χ3n) is 3.68. The molecule has 1 atom stereocenters. The number of Topliss-reactive ketones (excluding diaryl/α,β-unsaturated/α-hetero) is 1. The predicted octanol–water partition coefficient (Wildman–Crippen LogP) is 2.33. The molecule has 0 saturated heterocycles. The van der Waals surface area contributed by atoms with Gasteiger partial charge in [-0.3, -0.25) is 9.59 Å².